The first kappa shape index (κ1) is 17.5. The fraction of sp³-hybridized carbons (Fsp3) is 0.350. The van der Waals surface area contributed by atoms with Gasteiger partial charge in [0.25, 0.3) is 0 Å². The van der Waals surface area contributed by atoms with Crippen LogP contribution >= 0.6 is 0 Å². The Morgan fingerprint density at radius 1 is 1.24 bits per heavy atom. The van der Waals surface area contributed by atoms with Crippen LogP contribution in [0.1, 0.15) is 24.5 Å². The number of hydrogen-bond acceptors (Lipinski definition) is 2. The summed E-state index contributed by atoms with van der Waals surface area (Å²) in [7, 11) is 1.78. The summed E-state index contributed by atoms with van der Waals surface area (Å²) >= 11 is 0. The molecule has 0 spiro atoms. The Labute approximate surface area is 146 Å². The number of carbonyl (C=O) groups is 1. The van der Waals surface area contributed by atoms with Crippen molar-refractivity contribution in [2.75, 3.05) is 18.5 Å². The molecule has 2 aromatic rings. The average Bonchev–Trinajstić information content (AvgIpc) is 2.62. The fourth-order valence-corrected chi connectivity index (χ4v) is 3.23. The van der Waals surface area contributed by atoms with Crippen LogP contribution in [-0.2, 0) is 17.8 Å². The second kappa shape index (κ2) is 7.31. The molecule has 0 fully saturated rings. The van der Waals surface area contributed by atoms with E-state index in [1.807, 2.05) is 30.0 Å². The molecule has 1 amide bonds. The molecule has 0 aromatic heterocycles. The Morgan fingerprint density at radius 3 is 2.76 bits per heavy atom. The molecular weight excluding hydrogens is 322 g/mol. The van der Waals surface area contributed by atoms with Crippen LogP contribution in [0.3, 0.4) is 0 Å². The van der Waals surface area contributed by atoms with Crippen molar-refractivity contribution in [3.05, 3.63) is 65.2 Å². The number of benzene rings is 2. The third-order valence-corrected chi connectivity index (χ3v) is 4.83. The number of para-hydroxylation sites is 1. The second-order valence-corrected chi connectivity index (χ2v) is 6.55. The van der Waals surface area contributed by atoms with Gasteiger partial charge in [-0.1, -0.05) is 24.3 Å². The van der Waals surface area contributed by atoms with E-state index in [4.69, 9.17) is 0 Å². The van der Waals surface area contributed by atoms with E-state index in [0.717, 1.165) is 24.6 Å². The Morgan fingerprint density at radius 2 is 2.00 bits per heavy atom. The van der Waals surface area contributed by atoms with Crippen LogP contribution in [0.15, 0.2) is 42.5 Å². The van der Waals surface area contributed by atoms with Gasteiger partial charge in [0.1, 0.15) is 11.6 Å². The third-order valence-electron chi connectivity index (χ3n) is 4.83. The molecule has 2 aromatic carbocycles. The number of nitrogens with zero attached hydrogens (tertiary/aromatic N) is 2. The summed E-state index contributed by atoms with van der Waals surface area (Å²) in [4.78, 5) is 16.6. The summed E-state index contributed by atoms with van der Waals surface area (Å²) < 4.78 is 26.9. The second-order valence-electron chi connectivity index (χ2n) is 6.55. The average molecular weight is 344 g/mol. The summed E-state index contributed by atoms with van der Waals surface area (Å²) in [6, 6.07) is 11.1. The van der Waals surface area contributed by atoms with E-state index in [-0.39, 0.29) is 12.5 Å². The summed E-state index contributed by atoms with van der Waals surface area (Å²) in [6.07, 6.45) is 1.91. The van der Waals surface area contributed by atoms with Gasteiger partial charge in [0.15, 0.2) is 0 Å². The first-order chi connectivity index (χ1) is 12.0. The zero-order valence-electron chi connectivity index (χ0n) is 14.5. The lowest BCUT2D eigenvalue weighted by Gasteiger charge is -2.34. The third kappa shape index (κ3) is 3.71. The molecule has 132 valence electrons. The highest BCUT2D eigenvalue weighted by Crippen LogP contribution is 2.27. The van der Waals surface area contributed by atoms with Crippen LogP contribution in [0, 0.1) is 11.6 Å². The van der Waals surface area contributed by atoms with Crippen molar-refractivity contribution in [1.82, 2.24) is 4.90 Å². The maximum absolute atomic E-state index is 13.9. The zero-order valence-corrected chi connectivity index (χ0v) is 14.5. The Balaban J connectivity index is 1.74. The van der Waals surface area contributed by atoms with E-state index in [2.05, 4.69) is 6.07 Å². The highest BCUT2D eigenvalue weighted by atomic mass is 19.1. The minimum absolute atomic E-state index is 0.00262. The lowest BCUT2D eigenvalue weighted by atomic mass is 10.0. The van der Waals surface area contributed by atoms with Gasteiger partial charge in [0.05, 0.1) is 6.04 Å². The van der Waals surface area contributed by atoms with E-state index in [1.54, 1.807) is 11.9 Å². The van der Waals surface area contributed by atoms with Crippen LogP contribution in [0.2, 0.25) is 0 Å². The fourth-order valence-electron chi connectivity index (χ4n) is 3.23. The molecule has 1 unspecified atom stereocenters. The molecule has 0 saturated heterocycles. The van der Waals surface area contributed by atoms with Crippen LogP contribution in [-0.4, -0.2) is 30.4 Å². The smallest absolute Gasteiger partial charge is 0.244 e. The number of anilines is 1. The monoisotopic (exact) mass is 344 g/mol. The predicted molar refractivity (Wildman–Crippen MR) is 94.4 cm³/mol. The predicted octanol–water partition coefficient (Wildman–Crippen LogP) is 3.76. The Hall–Kier alpha value is -2.27. The van der Waals surface area contributed by atoms with Gasteiger partial charge in [-0.25, -0.2) is 8.78 Å². The van der Waals surface area contributed by atoms with Gasteiger partial charge in [-0.2, -0.15) is 0 Å². The van der Waals surface area contributed by atoms with E-state index in [1.165, 1.54) is 17.7 Å². The van der Waals surface area contributed by atoms with E-state index >= 15 is 0 Å². The van der Waals surface area contributed by atoms with Crippen molar-refractivity contribution in [2.45, 2.75) is 32.4 Å². The number of carbonyl (C=O) groups excluding carboxylic acids is 1. The molecule has 1 heterocycles. The number of aryl methyl sites for hydroxylation is 1. The van der Waals surface area contributed by atoms with Crippen molar-refractivity contribution >= 4 is 11.6 Å². The van der Waals surface area contributed by atoms with Crippen molar-refractivity contribution < 1.29 is 13.6 Å². The molecule has 1 aliphatic rings. The topological polar surface area (TPSA) is 23.6 Å². The largest absolute Gasteiger partial charge is 0.311 e. The quantitative estimate of drug-likeness (QED) is 0.843. The molecular formula is C20H22F2N2O. The SMILES string of the molecule is CC(C(=O)N1CCCc2ccccc21)N(C)Cc1ccc(F)cc1F. The van der Waals surface area contributed by atoms with Crippen molar-refractivity contribution in [1.29, 1.82) is 0 Å². The van der Waals surface area contributed by atoms with Gasteiger partial charge in [-0.15, -0.1) is 0 Å². The Bertz CT molecular complexity index is 778. The molecule has 0 radical (unpaired) electrons. The summed E-state index contributed by atoms with van der Waals surface area (Å²) in [5.74, 6) is -1.19. The summed E-state index contributed by atoms with van der Waals surface area (Å²) in [5, 5.41) is 0. The highest BCUT2D eigenvalue weighted by molar-refractivity contribution is 5.97. The molecule has 25 heavy (non-hydrogen) atoms. The van der Waals surface area contributed by atoms with Gasteiger partial charge in [-0.05, 0) is 44.5 Å². The molecule has 0 bridgehead atoms. The molecule has 1 atom stereocenters. The van der Waals surface area contributed by atoms with Crippen LogP contribution < -0.4 is 4.90 Å². The first-order valence-electron chi connectivity index (χ1n) is 8.51. The zero-order chi connectivity index (χ0) is 18.0. The van der Waals surface area contributed by atoms with Crippen LogP contribution in [0.4, 0.5) is 14.5 Å². The Kier molecular flexibility index (Phi) is 5.13. The van der Waals surface area contributed by atoms with Crippen molar-refractivity contribution in [2.24, 2.45) is 0 Å². The molecule has 3 rings (SSSR count). The van der Waals surface area contributed by atoms with Crippen LogP contribution in [0.25, 0.3) is 0 Å². The van der Waals surface area contributed by atoms with Crippen molar-refractivity contribution in [3.63, 3.8) is 0 Å². The minimum atomic E-state index is -0.599. The molecule has 3 nitrogen and oxygen atoms in total. The van der Waals surface area contributed by atoms with Gasteiger partial charge >= 0.3 is 0 Å². The van der Waals surface area contributed by atoms with E-state index in [0.29, 0.717) is 12.1 Å². The summed E-state index contributed by atoms with van der Waals surface area (Å²) in [6.45, 7) is 2.76. The molecule has 0 aliphatic carbocycles. The van der Waals surface area contributed by atoms with Crippen LogP contribution in [0.5, 0.6) is 0 Å². The van der Waals surface area contributed by atoms with Gasteiger partial charge in [-0.3, -0.25) is 9.69 Å². The normalized spacial score (nSPS) is 15.2. The van der Waals surface area contributed by atoms with Gasteiger partial charge in [0.2, 0.25) is 5.91 Å². The van der Waals surface area contributed by atoms with E-state index in [9.17, 15) is 13.6 Å². The van der Waals surface area contributed by atoms with E-state index < -0.39 is 17.7 Å². The first-order valence-corrected chi connectivity index (χ1v) is 8.51. The standard InChI is InChI=1S/C20H22F2N2O/c1-14(23(2)13-16-9-10-17(21)12-18(16)22)20(25)24-11-5-7-15-6-3-4-8-19(15)24/h3-4,6,8-10,12,14H,5,7,11,13H2,1-2H3. The molecule has 0 saturated carbocycles. The number of fused-ring (bicyclic) bond motifs is 1. The number of halogens is 2. The van der Waals surface area contributed by atoms with Gasteiger partial charge < -0.3 is 4.90 Å². The number of rotatable bonds is 4. The number of likely N-dealkylation sites (N-methyl/N-ethyl adjacent to an activating group) is 1. The summed E-state index contributed by atoms with van der Waals surface area (Å²) in [5.41, 5.74) is 2.52. The number of amides is 1. The maximum Gasteiger partial charge on any atom is 0.244 e. The molecule has 0 N–H and O–H groups in total. The minimum Gasteiger partial charge on any atom is -0.311 e. The maximum atomic E-state index is 13.9. The highest BCUT2D eigenvalue weighted by Gasteiger charge is 2.28. The lowest BCUT2D eigenvalue weighted by molar-refractivity contribution is -0.123. The van der Waals surface area contributed by atoms with Crippen molar-refractivity contribution in [3.8, 4) is 0 Å². The molecule has 5 heteroatoms. The number of hydrogen-bond donors (Lipinski definition) is 0. The van der Waals surface area contributed by atoms with Gasteiger partial charge in [0, 0.05) is 30.4 Å². The lowest BCUT2D eigenvalue weighted by Crippen LogP contribution is -2.47. The molecule has 1 aliphatic heterocycles.